The summed E-state index contributed by atoms with van der Waals surface area (Å²) in [5.74, 6) is 0.654. The van der Waals surface area contributed by atoms with Crippen LogP contribution in [0.5, 0.6) is 5.75 Å². The van der Waals surface area contributed by atoms with Crippen molar-refractivity contribution >= 4 is 10.0 Å². The van der Waals surface area contributed by atoms with E-state index < -0.39 is 22.2 Å². The minimum Gasteiger partial charge on any atom is -0.497 e. The average molecular weight is 337 g/mol. The van der Waals surface area contributed by atoms with Crippen molar-refractivity contribution in [1.29, 1.82) is 0 Å². The number of aromatic nitrogens is 2. The van der Waals surface area contributed by atoms with Crippen LogP contribution < -0.4 is 4.74 Å². The molecule has 0 amide bonds. The Balaban J connectivity index is 2.01. The number of rotatable bonds is 4. The topological polar surface area (TPSA) is 84.7 Å². The molecule has 1 saturated heterocycles. The Kier molecular flexibility index (Phi) is 4.13. The first-order valence-corrected chi connectivity index (χ1v) is 8.69. The maximum Gasteiger partial charge on any atom is 0.260 e. The van der Waals surface area contributed by atoms with Crippen molar-refractivity contribution in [2.75, 3.05) is 13.7 Å². The van der Waals surface area contributed by atoms with E-state index in [-0.39, 0.29) is 11.6 Å². The Hall–Kier alpha value is -1.90. The maximum absolute atomic E-state index is 12.9. The van der Waals surface area contributed by atoms with E-state index in [2.05, 4.69) is 5.10 Å². The van der Waals surface area contributed by atoms with E-state index >= 15 is 0 Å². The SMILES string of the molecule is COc1cccc([C@@H]2C[C@@H](O)CN2S(=O)(=O)c2ccnn2C)c1. The summed E-state index contributed by atoms with van der Waals surface area (Å²) in [5.41, 5.74) is 0.798. The summed E-state index contributed by atoms with van der Waals surface area (Å²) in [5, 5.41) is 14.1. The molecule has 1 fully saturated rings. The highest BCUT2D eigenvalue weighted by Gasteiger charge is 2.41. The first kappa shape index (κ1) is 16.0. The van der Waals surface area contributed by atoms with Crippen LogP contribution in [0.3, 0.4) is 0 Å². The van der Waals surface area contributed by atoms with E-state index in [1.165, 1.54) is 21.3 Å². The standard InChI is InChI=1S/C15H19N3O4S/c1-17-15(6-7-16-17)23(20,21)18-10-12(19)9-14(18)11-4-3-5-13(8-11)22-2/h3-8,12,14,19H,9-10H2,1-2H3/t12-,14+/m1/s1. The van der Waals surface area contributed by atoms with Gasteiger partial charge in [0.15, 0.2) is 5.03 Å². The van der Waals surface area contributed by atoms with Gasteiger partial charge in [0.1, 0.15) is 5.75 Å². The van der Waals surface area contributed by atoms with Crippen LogP contribution in [-0.4, -0.2) is 47.4 Å². The third-order valence-electron chi connectivity index (χ3n) is 4.06. The van der Waals surface area contributed by atoms with E-state index in [4.69, 9.17) is 4.74 Å². The van der Waals surface area contributed by atoms with Crippen LogP contribution in [0.1, 0.15) is 18.0 Å². The molecule has 0 unspecified atom stereocenters. The normalized spacial score (nSPS) is 22.4. The molecule has 1 aliphatic heterocycles. The predicted octanol–water partition coefficient (Wildman–Crippen LogP) is 0.925. The Labute approximate surface area is 135 Å². The molecule has 7 nitrogen and oxygen atoms in total. The number of aryl methyl sites for hydroxylation is 1. The van der Waals surface area contributed by atoms with Gasteiger partial charge in [-0.2, -0.15) is 9.40 Å². The van der Waals surface area contributed by atoms with Crippen LogP contribution in [0, 0.1) is 0 Å². The molecule has 124 valence electrons. The van der Waals surface area contributed by atoms with Gasteiger partial charge in [0.25, 0.3) is 10.0 Å². The molecule has 0 aliphatic carbocycles. The summed E-state index contributed by atoms with van der Waals surface area (Å²) in [6.07, 6.45) is 1.10. The number of hydrogen-bond acceptors (Lipinski definition) is 5. The fraction of sp³-hybridized carbons (Fsp3) is 0.400. The average Bonchev–Trinajstić information content (AvgIpc) is 3.14. The van der Waals surface area contributed by atoms with Crippen molar-refractivity contribution < 1.29 is 18.3 Å². The molecule has 2 aromatic rings. The molecule has 8 heteroatoms. The van der Waals surface area contributed by atoms with Gasteiger partial charge in [-0.3, -0.25) is 4.68 Å². The smallest absolute Gasteiger partial charge is 0.260 e. The zero-order chi connectivity index (χ0) is 16.6. The molecule has 0 bridgehead atoms. The van der Waals surface area contributed by atoms with E-state index in [0.717, 1.165) is 5.56 Å². The monoisotopic (exact) mass is 337 g/mol. The van der Waals surface area contributed by atoms with Gasteiger partial charge in [0.2, 0.25) is 0 Å². The van der Waals surface area contributed by atoms with Gasteiger partial charge < -0.3 is 9.84 Å². The molecule has 1 aromatic carbocycles. The number of β-amino-alcohol motifs (C(OH)–C–C–N with tert-alkyl or cyclic N) is 1. The lowest BCUT2D eigenvalue weighted by atomic mass is 10.0. The fourth-order valence-electron chi connectivity index (χ4n) is 2.94. The zero-order valence-electron chi connectivity index (χ0n) is 13.0. The molecule has 0 saturated carbocycles. The quantitative estimate of drug-likeness (QED) is 0.897. The number of nitrogens with zero attached hydrogens (tertiary/aromatic N) is 3. The third kappa shape index (κ3) is 2.85. The highest BCUT2D eigenvalue weighted by molar-refractivity contribution is 7.89. The number of aliphatic hydroxyl groups is 1. The van der Waals surface area contributed by atoms with Crippen molar-refractivity contribution in [3.05, 3.63) is 42.1 Å². The van der Waals surface area contributed by atoms with Crippen LogP contribution in [0.2, 0.25) is 0 Å². The van der Waals surface area contributed by atoms with Gasteiger partial charge in [-0.1, -0.05) is 12.1 Å². The molecule has 1 aliphatic rings. The molecule has 0 spiro atoms. The molecule has 2 heterocycles. The lowest BCUT2D eigenvalue weighted by Crippen LogP contribution is -2.33. The van der Waals surface area contributed by atoms with Gasteiger partial charge >= 0.3 is 0 Å². The van der Waals surface area contributed by atoms with Crippen molar-refractivity contribution in [3.8, 4) is 5.75 Å². The number of aliphatic hydroxyl groups excluding tert-OH is 1. The molecular weight excluding hydrogens is 318 g/mol. The van der Waals surface area contributed by atoms with Crippen molar-refractivity contribution in [2.45, 2.75) is 23.6 Å². The summed E-state index contributed by atoms with van der Waals surface area (Å²) in [7, 11) is -0.597. The zero-order valence-corrected chi connectivity index (χ0v) is 13.8. The van der Waals surface area contributed by atoms with E-state index in [9.17, 15) is 13.5 Å². The fourth-order valence-corrected chi connectivity index (χ4v) is 4.70. The van der Waals surface area contributed by atoms with Crippen molar-refractivity contribution in [3.63, 3.8) is 0 Å². The first-order chi connectivity index (χ1) is 10.9. The number of ether oxygens (including phenoxy) is 1. The lowest BCUT2D eigenvalue weighted by molar-refractivity contribution is 0.188. The van der Waals surface area contributed by atoms with E-state index in [1.54, 1.807) is 26.3 Å². The first-order valence-electron chi connectivity index (χ1n) is 7.25. The molecule has 2 atom stereocenters. The minimum atomic E-state index is -3.74. The van der Waals surface area contributed by atoms with Gasteiger partial charge in [0.05, 0.1) is 25.5 Å². The Bertz CT molecular complexity index is 803. The number of benzene rings is 1. The van der Waals surface area contributed by atoms with Crippen LogP contribution in [0.25, 0.3) is 0 Å². The van der Waals surface area contributed by atoms with Gasteiger partial charge in [0, 0.05) is 13.6 Å². The summed E-state index contributed by atoms with van der Waals surface area (Å²) >= 11 is 0. The van der Waals surface area contributed by atoms with Gasteiger partial charge in [-0.05, 0) is 30.2 Å². The third-order valence-corrected chi connectivity index (χ3v) is 6.01. The Morgan fingerprint density at radius 1 is 1.35 bits per heavy atom. The molecule has 0 radical (unpaired) electrons. The summed E-state index contributed by atoms with van der Waals surface area (Å²) in [6.45, 7) is 0.0649. The van der Waals surface area contributed by atoms with Gasteiger partial charge in [-0.15, -0.1) is 0 Å². The molecule has 1 N–H and O–H groups in total. The molecule has 1 aromatic heterocycles. The molecular formula is C15H19N3O4S. The van der Waals surface area contributed by atoms with Crippen LogP contribution in [0.15, 0.2) is 41.6 Å². The van der Waals surface area contributed by atoms with Crippen molar-refractivity contribution in [1.82, 2.24) is 14.1 Å². The lowest BCUT2D eigenvalue weighted by Gasteiger charge is -2.24. The van der Waals surface area contributed by atoms with Crippen molar-refractivity contribution in [2.24, 2.45) is 7.05 Å². The molecule has 23 heavy (non-hydrogen) atoms. The highest BCUT2D eigenvalue weighted by atomic mass is 32.2. The van der Waals surface area contributed by atoms with Crippen LogP contribution in [-0.2, 0) is 17.1 Å². The van der Waals surface area contributed by atoms with E-state index in [1.807, 2.05) is 12.1 Å². The number of sulfonamides is 1. The second kappa shape index (κ2) is 5.95. The Morgan fingerprint density at radius 2 is 2.13 bits per heavy atom. The second-order valence-electron chi connectivity index (χ2n) is 5.55. The summed E-state index contributed by atoms with van der Waals surface area (Å²) in [6, 6.07) is 8.29. The Morgan fingerprint density at radius 3 is 2.78 bits per heavy atom. The predicted molar refractivity (Wildman–Crippen MR) is 83.5 cm³/mol. The van der Waals surface area contributed by atoms with Crippen LogP contribution >= 0.6 is 0 Å². The van der Waals surface area contributed by atoms with Gasteiger partial charge in [-0.25, -0.2) is 8.42 Å². The maximum atomic E-state index is 12.9. The second-order valence-corrected chi connectivity index (χ2v) is 7.39. The summed E-state index contributed by atoms with van der Waals surface area (Å²) < 4.78 is 33.7. The minimum absolute atomic E-state index is 0.0649. The summed E-state index contributed by atoms with van der Waals surface area (Å²) in [4.78, 5) is 0. The highest BCUT2D eigenvalue weighted by Crippen LogP contribution is 2.37. The van der Waals surface area contributed by atoms with Crippen LogP contribution in [0.4, 0.5) is 0 Å². The molecule has 3 rings (SSSR count). The van der Waals surface area contributed by atoms with E-state index in [0.29, 0.717) is 12.2 Å². The largest absolute Gasteiger partial charge is 0.497 e. The number of methoxy groups -OCH3 is 1. The number of hydrogen-bond donors (Lipinski definition) is 1.